The normalized spacial score (nSPS) is 17.2. The number of aliphatic carboxylic acids is 1. The fraction of sp³-hybridized carbons (Fsp3) is 0.533. The van der Waals surface area contributed by atoms with Gasteiger partial charge in [-0.05, 0) is 18.9 Å². The van der Waals surface area contributed by atoms with Crippen molar-refractivity contribution in [1.29, 1.82) is 0 Å². The molecule has 2 rings (SSSR count). The lowest BCUT2D eigenvalue weighted by atomic mass is 9.78. The first kappa shape index (κ1) is 16.6. The van der Waals surface area contributed by atoms with Gasteiger partial charge in [0.25, 0.3) is 0 Å². The van der Waals surface area contributed by atoms with Crippen molar-refractivity contribution in [2.45, 2.75) is 36.0 Å². The summed E-state index contributed by atoms with van der Waals surface area (Å²) in [5, 5.41) is 9.72. The molecule has 0 aliphatic heterocycles. The number of hydrogen-bond acceptors (Lipinski definition) is 5. The van der Waals surface area contributed by atoms with E-state index in [2.05, 4.69) is 0 Å². The minimum absolute atomic E-state index is 0.00543. The molecule has 122 valence electrons. The first-order chi connectivity index (χ1) is 10.3. The molecule has 6 nitrogen and oxygen atoms in total. The Bertz CT molecular complexity index is 686. The molecule has 1 fully saturated rings. The van der Waals surface area contributed by atoms with E-state index >= 15 is 0 Å². The summed E-state index contributed by atoms with van der Waals surface area (Å²) < 4.78 is 34.2. The van der Waals surface area contributed by atoms with Gasteiger partial charge in [0.2, 0.25) is 0 Å². The Hall–Kier alpha value is -1.76. The number of benzene rings is 1. The number of sulfone groups is 1. The summed E-state index contributed by atoms with van der Waals surface area (Å²) in [6.07, 6.45) is 3.70. The quantitative estimate of drug-likeness (QED) is 0.889. The van der Waals surface area contributed by atoms with Gasteiger partial charge in [-0.25, -0.2) is 8.42 Å². The van der Waals surface area contributed by atoms with Crippen LogP contribution in [0.1, 0.15) is 31.2 Å². The van der Waals surface area contributed by atoms with E-state index in [0.29, 0.717) is 18.4 Å². The molecule has 1 saturated carbocycles. The van der Waals surface area contributed by atoms with Crippen molar-refractivity contribution >= 4 is 15.8 Å². The van der Waals surface area contributed by atoms with Crippen molar-refractivity contribution < 1.29 is 27.8 Å². The van der Waals surface area contributed by atoms with Gasteiger partial charge in [0.15, 0.2) is 9.84 Å². The Labute approximate surface area is 130 Å². The highest BCUT2D eigenvalue weighted by Crippen LogP contribution is 2.47. The fourth-order valence-electron chi connectivity index (χ4n) is 3.11. The first-order valence-electron chi connectivity index (χ1n) is 6.96. The summed E-state index contributed by atoms with van der Waals surface area (Å²) in [6.45, 7) is 0. The third kappa shape index (κ3) is 2.65. The van der Waals surface area contributed by atoms with Crippen LogP contribution in [0.4, 0.5) is 0 Å². The van der Waals surface area contributed by atoms with Gasteiger partial charge in [-0.1, -0.05) is 12.8 Å². The van der Waals surface area contributed by atoms with Crippen LogP contribution < -0.4 is 9.47 Å². The van der Waals surface area contributed by atoms with Gasteiger partial charge >= 0.3 is 5.97 Å². The van der Waals surface area contributed by atoms with Crippen LogP contribution in [0.25, 0.3) is 0 Å². The maximum Gasteiger partial charge on any atom is 0.314 e. The number of hydrogen-bond donors (Lipinski definition) is 1. The lowest BCUT2D eigenvalue weighted by molar-refractivity contribution is -0.143. The molecule has 0 atom stereocenters. The minimum atomic E-state index is -3.51. The molecule has 0 bridgehead atoms. The van der Waals surface area contributed by atoms with Crippen molar-refractivity contribution in [1.82, 2.24) is 0 Å². The van der Waals surface area contributed by atoms with E-state index in [1.54, 1.807) is 0 Å². The van der Waals surface area contributed by atoms with Crippen LogP contribution in [0.2, 0.25) is 0 Å². The van der Waals surface area contributed by atoms with E-state index in [4.69, 9.17) is 9.47 Å². The van der Waals surface area contributed by atoms with Gasteiger partial charge in [0.05, 0.1) is 19.6 Å². The van der Waals surface area contributed by atoms with Gasteiger partial charge < -0.3 is 14.6 Å². The number of carbonyl (C=O) groups is 1. The molecule has 1 aliphatic rings. The summed E-state index contributed by atoms with van der Waals surface area (Å²) in [7, 11) is -0.743. The molecule has 1 aromatic rings. The fourth-order valence-corrected chi connectivity index (χ4v) is 3.94. The molecule has 7 heteroatoms. The number of methoxy groups -OCH3 is 2. The van der Waals surface area contributed by atoms with Crippen LogP contribution in [0.5, 0.6) is 11.5 Å². The second kappa shape index (κ2) is 5.79. The third-order valence-electron chi connectivity index (χ3n) is 4.27. The molecule has 0 aromatic heterocycles. The Kier molecular flexibility index (Phi) is 4.37. The van der Waals surface area contributed by atoms with Crippen LogP contribution in [0, 0.1) is 0 Å². The Morgan fingerprint density at radius 2 is 1.68 bits per heavy atom. The standard InChI is InChI=1S/C15H20O6S/c1-20-11-9-13(22(3,18)19)12(21-2)8-10(11)15(14(16)17)6-4-5-7-15/h8-9H,4-7H2,1-3H3,(H,16,17). The molecule has 1 aliphatic carbocycles. The Morgan fingerprint density at radius 3 is 2.09 bits per heavy atom. The van der Waals surface area contributed by atoms with E-state index in [9.17, 15) is 18.3 Å². The summed E-state index contributed by atoms with van der Waals surface area (Å²) >= 11 is 0. The van der Waals surface area contributed by atoms with Crippen LogP contribution in [0.15, 0.2) is 17.0 Å². The first-order valence-corrected chi connectivity index (χ1v) is 8.85. The number of carboxylic acids is 1. The van der Waals surface area contributed by atoms with E-state index < -0.39 is 21.2 Å². The van der Waals surface area contributed by atoms with E-state index in [-0.39, 0.29) is 16.4 Å². The van der Waals surface area contributed by atoms with Gasteiger partial charge in [0.1, 0.15) is 16.4 Å². The average molecular weight is 328 g/mol. The molecular weight excluding hydrogens is 308 g/mol. The molecule has 0 saturated heterocycles. The minimum Gasteiger partial charge on any atom is -0.496 e. The molecular formula is C15H20O6S. The lowest BCUT2D eigenvalue weighted by Gasteiger charge is -2.27. The summed E-state index contributed by atoms with van der Waals surface area (Å²) in [5.41, 5.74) is -0.571. The summed E-state index contributed by atoms with van der Waals surface area (Å²) in [5.74, 6) is -0.506. The van der Waals surface area contributed by atoms with E-state index in [1.165, 1.54) is 26.4 Å². The molecule has 0 spiro atoms. The number of rotatable bonds is 5. The molecule has 1 aromatic carbocycles. The molecule has 1 N–H and O–H groups in total. The highest BCUT2D eigenvalue weighted by Gasteiger charge is 2.45. The second-order valence-corrected chi connectivity index (χ2v) is 7.55. The van der Waals surface area contributed by atoms with Crippen molar-refractivity contribution in [3.8, 4) is 11.5 Å². The highest BCUT2D eigenvalue weighted by molar-refractivity contribution is 7.90. The highest BCUT2D eigenvalue weighted by atomic mass is 32.2. The van der Waals surface area contributed by atoms with E-state index in [0.717, 1.165) is 19.1 Å². The van der Waals surface area contributed by atoms with Crippen molar-refractivity contribution in [2.24, 2.45) is 0 Å². The monoisotopic (exact) mass is 328 g/mol. The third-order valence-corrected chi connectivity index (χ3v) is 5.39. The van der Waals surface area contributed by atoms with Gasteiger partial charge in [0, 0.05) is 17.9 Å². The van der Waals surface area contributed by atoms with Crippen molar-refractivity contribution in [3.63, 3.8) is 0 Å². The topological polar surface area (TPSA) is 89.9 Å². The van der Waals surface area contributed by atoms with E-state index in [1.807, 2.05) is 0 Å². The molecule has 22 heavy (non-hydrogen) atoms. The largest absolute Gasteiger partial charge is 0.496 e. The zero-order valence-corrected chi connectivity index (χ0v) is 13.7. The van der Waals surface area contributed by atoms with Crippen LogP contribution in [0.3, 0.4) is 0 Å². The molecule has 0 amide bonds. The summed E-state index contributed by atoms with van der Waals surface area (Å²) in [6, 6.07) is 2.85. The maximum atomic E-state index is 11.9. The zero-order chi connectivity index (χ0) is 16.5. The predicted octanol–water partition coefficient (Wildman–Crippen LogP) is 2.00. The van der Waals surface area contributed by atoms with Crippen LogP contribution in [-0.4, -0.2) is 40.0 Å². The lowest BCUT2D eigenvalue weighted by Crippen LogP contribution is -2.33. The molecule has 0 radical (unpaired) electrons. The second-order valence-electron chi connectivity index (χ2n) is 5.57. The number of carboxylic acid groups (broad SMARTS) is 1. The average Bonchev–Trinajstić information content (AvgIpc) is 2.95. The van der Waals surface area contributed by atoms with Gasteiger partial charge in [-0.2, -0.15) is 0 Å². The molecule has 0 heterocycles. The summed E-state index contributed by atoms with van der Waals surface area (Å²) in [4.78, 5) is 11.9. The Balaban J connectivity index is 2.74. The smallest absolute Gasteiger partial charge is 0.314 e. The van der Waals surface area contributed by atoms with Crippen LogP contribution in [-0.2, 0) is 20.0 Å². The van der Waals surface area contributed by atoms with Crippen molar-refractivity contribution in [3.05, 3.63) is 17.7 Å². The maximum absolute atomic E-state index is 11.9. The number of ether oxygens (including phenoxy) is 2. The molecule has 0 unspecified atom stereocenters. The van der Waals surface area contributed by atoms with Crippen LogP contribution >= 0.6 is 0 Å². The Morgan fingerprint density at radius 1 is 1.14 bits per heavy atom. The zero-order valence-electron chi connectivity index (χ0n) is 12.9. The predicted molar refractivity (Wildman–Crippen MR) is 80.4 cm³/mol. The van der Waals surface area contributed by atoms with Crippen molar-refractivity contribution in [2.75, 3.05) is 20.5 Å². The van der Waals surface area contributed by atoms with Gasteiger partial charge in [-0.15, -0.1) is 0 Å². The van der Waals surface area contributed by atoms with Gasteiger partial charge in [-0.3, -0.25) is 4.79 Å². The SMILES string of the molecule is COc1cc(S(C)(=O)=O)c(OC)cc1C1(C(=O)O)CCCC1.